The van der Waals surface area contributed by atoms with Crippen molar-refractivity contribution in [3.8, 4) is 0 Å². The highest BCUT2D eigenvalue weighted by atomic mass is 79.9. The zero-order valence-corrected chi connectivity index (χ0v) is 17.0. The lowest BCUT2D eigenvalue weighted by Gasteiger charge is -2.11. The minimum atomic E-state index is -0.299. The third-order valence-corrected chi connectivity index (χ3v) is 4.45. The summed E-state index contributed by atoms with van der Waals surface area (Å²) in [4.78, 5) is 35.6. The van der Waals surface area contributed by atoms with Crippen LogP contribution in [0.1, 0.15) is 30.1 Å². The van der Waals surface area contributed by atoms with Gasteiger partial charge in [0.15, 0.2) is 0 Å². The molecule has 0 heterocycles. The Balaban J connectivity index is 1.86. The first kappa shape index (κ1) is 20.9. The van der Waals surface area contributed by atoms with Crippen LogP contribution in [0.2, 0.25) is 5.02 Å². The van der Waals surface area contributed by atoms with Gasteiger partial charge in [-0.2, -0.15) is 0 Å². The fraction of sp³-hybridized carbons (Fsp3) is 0.211. The van der Waals surface area contributed by atoms with Crippen LogP contribution >= 0.6 is 27.5 Å². The third-order valence-electron chi connectivity index (χ3n) is 3.59. The van der Waals surface area contributed by atoms with E-state index in [2.05, 4.69) is 31.9 Å². The van der Waals surface area contributed by atoms with E-state index in [1.54, 1.807) is 49.4 Å². The second-order valence-electron chi connectivity index (χ2n) is 5.66. The van der Waals surface area contributed by atoms with Crippen molar-refractivity contribution in [2.45, 2.75) is 19.8 Å². The maximum atomic E-state index is 12.1. The highest BCUT2D eigenvalue weighted by Gasteiger charge is 2.10. The number of nitrogens with one attached hydrogen (secondary N) is 3. The Morgan fingerprint density at radius 3 is 2.37 bits per heavy atom. The fourth-order valence-corrected chi connectivity index (χ4v) is 2.58. The predicted molar refractivity (Wildman–Crippen MR) is 110 cm³/mol. The Kier molecular flexibility index (Phi) is 7.82. The molecule has 2 aromatic rings. The Morgan fingerprint density at radius 2 is 1.70 bits per heavy atom. The monoisotopic (exact) mass is 451 g/mol. The lowest BCUT2D eigenvalue weighted by molar-refractivity contribution is -0.116. The average Bonchev–Trinajstić information content (AvgIpc) is 2.64. The largest absolute Gasteiger partial charge is 0.352 e. The highest BCUT2D eigenvalue weighted by Crippen LogP contribution is 2.25. The maximum absolute atomic E-state index is 12.1. The van der Waals surface area contributed by atoms with Crippen molar-refractivity contribution in [1.29, 1.82) is 0 Å². The Labute approximate surface area is 170 Å². The molecule has 0 unspecified atom stereocenters. The van der Waals surface area contributed by atoms with Crippen molar-refractivity contribution >= 4 is 56.6 Å². The average molecular weight is 453 g/mol. The molecule has 2 rings (SSSR count). The molecule has 0 aromatic heterocycles. The molecule has 142 valence electrons. The van der Waals surface area contributed by atoms with Crippen molar-refractivity contribution in [3.63, 3.8) is 0 Å². The number of halogens is 2. The maximum Gasteiger partial charge on any atom is 0.251 e. The summed E-state index contributed by atoms with van der Waals surface area (Å²) in [5.74, 6) is -0.685. The summed E-state index contributed by atoms with van der Waals surface area (Å²) >= 11 is 9.39. The molecule has 0 radical (unpaired) electrons. The fourth-order valence-electron chi connectivity index (χ4n) is 2.15. The number of carbonyl (C=O) groups is 3. The lowest BCUT2D eigenvalue weighted by atomic mass is 10.2. The predicted octanol–water partition coefficient (Wildman–Crippen LogP) is 4.21. The first-order valence-electron chi connectivity index (χ1n) is 8.32. The molecule has 2 aromatic carbocycles. The van der Waals surface area contributed by atoms with Crippen LogP contribution in [0.15, 0.2) is 46.9 Å². The molecule has 0 aliphatic carbocycles. The zero-order valence-electron chi connectivity index (χ0n) is 14.6. The van der Waals surface area contributed by atoms with Gasteiger partial charge in [-0.25, -0.2) is 0 Å². The standard InChI is InChI=1S/C19H19BrClN3O3/c1-2-17(25)23-14-7-8-15(21)16(11-14)24-18(26)9-10-22-19(27)12-3-5-13(20)6-4-12/h3-8,11H,2,9-10H2,1H3,(H,22,27)(H,23,25)(H,24,26). The summed E-state index contributed by atoms with van der Waals surface area (Å²) in [6.45, 7) is 1.93. The molecule has 6 nitrogen and oxygen atoms in total. The van der Waals surface area contributed by atoms with Crippen LogP contribution in [-0.4, -0.2) is 24.3 Å². The van der Waals surface area contributed by atoms with Crippen molar-refractivity contribution in [3.05, 3.63) is 57.5 Å². The van der Waals surface area contributed by atoms with Gasteiger partial charge in [-0.3, -0.25) is 14.4 Å². The van der Waals surface area contributed by atoms with Crippen LogP contribution < -0.4 is 16.0 Å². The lowest BCUT2D eigenvalue weighted by Crippen LogP contribution is -2.27. The summed E-state index contributed by atoms with van der Waals surface area (Å²) in [7, 11) is 0. The molecule has 0 saturated carbocycles. The molecule has 0 saturated heterocycles. The number of benzene rings is 2. The number of amides is 3. The van der Waals surface area contributed by atoms with Gasteiger partial charge in [-0.1, -0.05) is 34.5 Å². The van der Waals surface area contributed by atoms with Crippen LogP contribution in [0.25, 0.3) is 0 Å². The van der Waals surface area contributed by atoms with Crippen molar-refractivity contribution in [2.75, 3.05) is 17.2 Å². The number of hydrogen-bond donors (Lipinski definition) is 3. The summed E-state index contributed by atoms with van der Waals surface area (Å²) in [6, 6.07) is 11.8. The molecule has 8 heteroatoms. The molecule has 3 amide bonds. The van der Waals surface area contributed by atoms with Crippen LogP contribution in [0, 0.1) is 0 Å². The Morgan fingerprint density at radius 1 is 1.00 bits per heavy atom. The second kappa shape index (κ2) is 10.1. The normalized spacial score (nSPS) is 10.2. The van der Waals surface area contributed by atoms with E-state index in [1.165, 1.54) is 0 Å². The van der Waals surface area contributed by atoms with E-state index in [4.69, 9.17) is 11.6 Å². The van der Waals surface area contributed by atoms with E-state index in [9.17, 15) is 14.4 Å². The number of hydrogen-bond acceptors (Lipinski definition) is 3. The number of rotatable bonds is 7. The van der Waals surface area contributed by atoms with Gasteiger partial charge in [0, 0.05) is 35.1 Å². The SMILES string of the molecule is CCC(=O)Nc1ccc(Cl)c(NC(=O)CCNC(=O)c2ccc(Br)cc2)c1. The quantitative estimate of drug-likeness (QED) is 0.588. The molecular formula is C19H19BrClN3O3. The van der Waals surface area contributed by atoms with Crippen LogP contribution in [0.5, 0.6) is 0 Å². The molecule has 3 N–H and O–H groups in total. The molecule has 0 atom stereocenters. The minimum absolute atomic E-state index is 0.0874. The second-order valence-corrected chi connectivity index (χ2v) is 6.98. The summed E-state index contributed by atoms with van der Waals surface area (Å²) in [5.41, 5.74) is 1.46. The summed E-state index contributed by atoms with van der Waals surface area (Å²) < 4.78 is 0.882. The molecule has 0 aliphatic heterocycles. The highest BCUT2D eigenvalue weighted by molar-refractivity contribution is 9.10. The molecule has 0 bridgehead atoms. The van der Waals surface area contributed by atoms with E-state index in [-0.39, 0.29) is 30.7 Å². The van der Waals surface area contributed by atoms with Gasteiger partial charge in [-0.05, 0) is 42.5 Å². The number of anilines is 2. The topological polar surface area (TPSA) is 87.3 Å². The first-order valence-corrected chi connectivity index (χ1v) is 9.49. The van der Waals surface area contributed by atoms with Crippen molar-refractivity contribution in [1.82, 2.24) is 5.32 Å². The van der Waals surface area contributed by atoms with E-state index < -0.39 is 0 Å². The van der Waals surface area contributed by atoms with Gasteiger partial charge in [-0.15, -0.1) is 0 Å². The van der Waals surface area contributed by atoms with Crippen molar-refractivity contribution in [2.24, 2.45) is 0 Å². The molecule has 0 fully saturated rings. The summed E-state index contributed by atoms with van der Waals surface area (Å²) in [6.07, 6.45) is 0.437. The van der Waals surface area contributed by atoms with Gasteiger partial charge < -0.3 is 16.0 Å². The van der Waals surface area contributed by atoms with Crippen LogP contribution in [-0.2, 0) is 9.59 Å². The van der Waals surface area contributed by atoms with E-state index in [0.29, 0.717) is 28.4 Å². The third kappa shape index (κ3) is 6.69. The van der Waals surface area contributed by atoms with E-state index in [1.807, 2.05) is 0 Å². The van der Waals surface area contributed by atoms with E-state index in [0.717, 1.165) is 4.47 Å². The van der Waals surface area contributed by atoms with Crippen LogP contribution in [0.3, 0.4) is 0 Å². The minimum Gasteiger partial charge on any atom is -0.352 e. The summed E-state index contributed by atoms with van der Waals surface area (Å²) in [5, 5.41) is 8.43. The van der Waals surface area contributed by atoms with Gasteiger partial charge >= 0.3 is 0 Å². The first-order chi connectivity index (χ1) is 12.9. The van der Waals surface area contributed by atoms with E-state index >= 15 is 0 Å². The van der Waals surface area contributed by atoms with Gasteiger partial charge in [0.25, 0.3) is 5.91 Å². The zero-order chi connectivity index (χ0) is 19.8. The molecule has 27 heavy (non-hydrogen) atoms. The molecule has 0 aliphatic rings. The smallest absolute Gasteiger partial charge is 0.251 e. The van der Waals surface area contributed by atoms with Crippen molar-refractivity contribution < 1.29 is 14.4 Å². The van der Waals surface area contributed by atoms with Gasteiger partial charge in [0.05, 0.1) is 10.7 Å². The van der Waals surface area contributed by atoms with Gasteiger partial charge in [0.1, 0.15) is 0 Å². The molecular weight excluding hydrogens is 434 g/mol. The Hall–Kier alpha value is -2.38. The van der Waals surface area contributed by atoms with Gasteiger partial charge in [0.2, 0.25) is 11.8 Å². The molecule has 0 spiro atoms. The Bertz CT molecular complexity index is 841. The number of carbonyl (C=O) groups excluding carboxylic acids is 3. The van der Waals surface area contributed by atoms with Crippen LogP contribution in [0.4, 0.5) is 11.4 Å².